The Morgan fingerprint density at radius 3 is 2.84 bits per heavy atom. The summed E-state index contributed by atoms with van der Waals surface area (Å²) >= 11 is 1.32. The molecule has 0 aliphatic carbocycles. The van der Waals surface area contributed by atoms with E-state index in [0.29, 0.717) is 10.5 Å². The topological polar surface area (TPSA) is 100 Å². The molecule has 1 aromatic heterocycles. The second kappa shape index (κ2) is 6.28. The Morgan fingerprint density at radius 2 is 2.08 bits per heavy atom. The van der Waals surface area contributed by atoms with E-state index in [1.807, 2.05) is 12.1 Å². The first-order valence-electron chi connectivity index (χ1n) is 7.50. The Morgan fingerprint density at radius 1 is 1.24 bits per heavy atom. The van der Waals surface area contributed by atoms with Gasteiger partial charge in [0.05, 0.1) is 15.4 Å². The molecule has 2 saturated heterocycles. The summed E-state index contributed by atoms with van der Waals surface area (Å²) in [5.41, 5.74) is 7.12. The van der Waals surface area contributed by atoms with Crippen molar-refractivity contribution in [2.24, 2.45) is 0 Å². The number of hydrazine groups is 1. The molecular weight excluding hydrogens is 342 g/mol. The molecule has 2 aliphatic rings. The highest BCUT2D eigenvalue weighted by Gasteiger charge is 2.45. The average molecular weight is 355 g/mol. The molecule has 1 aromatic carbocycles. The van der Waals surface area contributed by atoms with E-state index in [4.69, 9.17) is 0 Å². The molecule has 2 atom stereocenters. The van der Waals surface area contributed by atoms with Gasteiger partial charge in [0.15, 0.2) is 0 Å². The maximum Gasteiger partial charge on any atom is 0.276 e. The van der Waals surface area contributed by atoms with Crippen molar-refractivity contribution in [2.45, 2.75) is 11.7 Å². The molecule has 0 bridgehead atoms. The number of para-hydroxylation sites is 1. The average Bonchev–Trinajstić information content (AvgIpc) is 3.17. The number of nitrogens with one attached hydrogen (secondary N) is 2. The first-order chi connectivity index (χ1) is 12.1. The molecule has 3 heterocycles. The second-order valence-corrected chi connectivity index (χ2v) is 6.61. The van der Waals surface area contributed by atoms with E-state index < -0.39 is 4.92 Å². The highest BCUT2D eigenvalue weighted by atomic mass is 32.2. The van der Waals surface area contributed by atoms with E-state index in [2.05, 4.69) is 15.8 Å². The number of hydrogen-bond acceptors (Lipinski definition) is 7. The van der Waals surface area contributed by atoms with Gasteiger partial charge in [0.2, 0.25) is 0 Å². The summed E-state index contributed by atoms with van der Waals surface area (Å²) < 4.78 is 0. The van der Waals surface area contributed by atoms with Gasteiger partial charge < -0.3 is 0 Å². The molecule has 2 N–H and O–H groups in total. The number of pyridine rings is 1. The number of benzene rings is 1. The van der Waals surface area contributed by atoms with Gasteiger partial charge >= 0.3 is 0 Å². The van der Waals surface area contributed by atoms with Crippen molar-refractivity contribution < 1.29 is 9.72 Å². The summed E-state index contributed by atoms with van der Waals surface area (Å²) in [7, 11) is 0. The van der Waals surface area contributed by atoms with E-state index in [-0.39, 0.29) is 23.3 Å². The molecule has 0 saturated carbocycles. The van der Waals surface area contributed by atoms with Crippen molar-refractivity contribution in [1.29, 1.82) is 0 Å². The molecule has 25 heavy (non-hydrogen) atoms. The van der Waals surface area contributed by atoms with Crippen LogP contribution in [0.3, 0.4) is 0 Å². The van der Waals surface area contributed by atoms with E-state index in [9.17, 15) is 14.9 Å². The van der Waals surface area contributed by atoms with Crippen LogP contribution < -0.4 is 10.9 Å². The molecule has 2 aliphatic heterocycles. The number of fused-ring (bicyclic) bond motifs is 1. The van der Waals surface area contributed by atoms with Gasteiger partial charge in [-0.25, -0.2) is 10.9 Å². The van der Waals surface area contributed by atoms with Crippen LogP contribution in [0.1, 0.15) is 17.3 Å². The quantitative estimate of drug-likeness (QED) is 0.493. The fourth-order valence-corrected chi connectivity index (χ4v) is 3.93. The minimum absolute atomic E-state index is 0.0228. The molecule has 2 aromatic rings. The van der Waals surface area contributed by atoms with Gasteiger partial charge in [0, 0.05) is 24.0 Å². The van der Waals surface area contributed by atoms with Crippen LogP contribution in [0.25, 0.3) is 6.08 Å². The molecule has 0 radical (unpaired) electrons. The highest BCUT2D eigenvalue weighted by Crippen LogP contribution is 2.42. The molecule has 0 spiro atoms. The zero-order valence-electron chi connectivity index (χ0n) is 12.8. The maximum absolute atomic E-state index is 12.8. The lowest BCUT2D eigenvalue weighted by molar-refractivity contribution is -0.385. The third-order valence-corrected chi connectivity index (χ3v) is 5.09. The van der Waals surface area contributed by atoms with Gasteiger partial charge in [0.1, 0.15) is 11.7 Å². The third kappa shape index (κ3) is 2.78. The lowest BCUT2D eigenvalue weighted by Gasteiger charge is -2.20. The van der Waals surface area contributed by atoms with Crippen molar-refractivity contribution in [1.82, 2.24) is 20.7 Å². The van der Waals surface area contributed by atoms with Crippen molar-refractivity contribution in [3.05, 3.63) is 74.9 Å². The van der Waals surface area contributed by atoms with Crippen LogP contribution in [0.5, 0.6) is 0 Å². The number of hydrogen-bond donors (Lipinski definition) is 2. The minimum atomic E-state index is -0.449. The number of nitrogens with zero attached hydrogens (tertiary/aromatic N) is 3. The van der Waals surface area contributed by atoms with Crippen LogP contribution in [-0.2, 0) is 4.79 Å². The lowest BCUT2D eigenvalue weighted by atomic mass is 10.1. The van der Waals surface area contributed by atoms with Crippen LogP contribution in [0.4, 0.5) is 5.69 Å². The predicted molar refractivity (Wildman–Crippen MR) is 92.5 cm³/mol. The summed E-state index contributed by atoms with van der Waals surface area (Å²) in [6.45, 7) is 0. The van der Waals surface area contributed by atoms with Gasteiger partial charge in [-0.3, -0.25) is 24.8 Å². The predicted octanol–water partition coefficient (Wildman–Crippen LogP) is 2.00. The van der Waals surface area contributed by atoms with Gasteiger partial charge in [-0.15, -0.1) is 0 Å². The number of rotatable bonds is 3. The van der Waals surface area contributed by atoms with E-state index in [0.717, 1.165) is 5.56 Å². The summed E-state index contributed by atoms with van der Waals surface area (Å²) in [5, 5.41) is 11.2. The van der Waals surface area contributed by atoms with Crippen LogP contribution >= 0.6 is 11.8 Å². The monoisotopic (exact) mass is 355 g/mol. The number of carbonyl (C=O) groups excluding carboxylic acids is 1. The number of thioether (sulfide) groups is 1. The smallest absolute Gasteiger partial charge is 0.276 e. The van der Waals surface area contributed by atoms with Crippen LogP contribution in [0, 0.1) is 10.1 Å². The Balaban J connectivity index is 1.66. The molecule has 2 fully saturated rings. The zero-order valence-corrected chi connectivity index (χ0v) is 13.6. The molecule has 8 nitrogen and oxygen atoms in total. The number of carbonyl (C=O) groups is 1. The van der Waals surface area contributed by atoms with E-state index in [1.54, 1.807) is 41.6 Å². The summed E-state index contributed by atoms with van der Waals surface area (Å²) in [6, 6.07) is 10.1. The molecule has 2 unspecified atom stereocenters. The Kier molecular flexibility index (Phi) is 3.96. The van der Waals surface area contributed by atoms with Gasteiger partial charge in [-0.05, 0) is 18.2 Å². The van der Waals surface area contributed by atoms with Crippen LogP contribution in [0.2, 0.25) is 0 Å². The van der Waals surface area contributed by atoms with E-state index >= 15 is 0 Å². The molecule has 126 valence electrons. The molecular formula is C16H13N5O3S. The lowest BCUT2D eigenvalue weighted by Crippen LogP contribution is -2.32. The molecule has 4 rings (SSSR count). The van der Waals surface area contributed by atoms with Crippen molar-refractivity contribution >= 4 is 29.4 Å². The molecule has 1 amide bonds. The second-order valence-electron chi connectivity index (χ2n) is 5.48. The van der Waals surface area contributed by atoms with Crippen molar-refractivity contribution in [2.75, 3.05) is 0 Å². The highest BCUT2D eigenvalue weighted by molar-refractivity contribution is 8.05. The van der Waals surface area contributed by atoms with Crippen molar-refractivity contribution in [3.63, 3.8) is 0 Å². The van der Waals surface area contributed by atoms with Crippen LogP contribution in [-0.4, -0.2) is 26.2 Å². The van der Waals surface area contributed by atoms with Gasteiger partial charge in [0.25, 0.3) is 11.6 Å². The molecule has 9 heteroatoms. The maximum atomic E-state index is 12.8. The van der Waals surface area contributed by atoms with E-state index in [1.165, 1.54) is 17.8 Å². The first-order valence-corrected chi connectivity index (χ1v) is 8.38. The Bertz CT molecular complexity index is 873. The number of nitro groups is 1. The van der Waals surface area contributed by atoms with Gasteiger partial charge in [-0.2, -0.15) is 0 Å². The minimum Gasteiger partial charge on any atom is -0.291 e. The summed E-state index contributed by atoms with van der Waals surface area (Å²) in [6.07, 6.45) is 4.61. The number of nitro benzene ring substituents is 1. The fraction of sp³-hybridized carbons (Fsp3) is 0.125. The third-order valence-electron chi connectivity index (χ3n) is 3.98. The first kappa shape index (κ1) is 15.8. The largest absolute Gasteiger partial charge is 0.291 e. The van der Waals surface area contributed by atoms with Gasteiger partial charge in [-0.1, -0.05) is 30.0 Å². The normalized spacial score (nSPS) is 23.9. The summed E-state index contributed by atoms with van der Waals surface area (Å²) in [5.74, 6) is -0.181. The van der Waals surface area contributed by atoms with Crippen molar-refractivity contribution in [3.8, 4) is 0 Å². The van der Waals surface area contributed by atoms with Crippen LogP contribution in [0.15, 0.2) is 53.7 Å². The Hall–Kier alpha value is -2.75. The Labute approximate surface area is 147 Å². The fourth-order valence-electron chi connectivity index (χ4n) is 2.83. The zero-order chi connectivity index (χ0) is 17.4. The summed E-state index contributed by atoms with van der Waals surface area (Å²) in [4.78, 5) is 29.7. The number of aromatic nitrogens is 1. The SMILES string of the molecule is O=C1C(=Cc2ccccc2[N+](=O)[O-])SC2NNC(c3cccnc3)N12. The number of amides is 1. The standard InChI is InChI=1S/C16H13N5O3S/c22-15-13(8-10-4-1-2-6-12(10)21(23)24)25-16-19-18-14(20(15)16)11-5-3-7-17-9-11/h1-9,14,16,18-19H.